The summed E-state index contributed by atoms with van der Waals surface area (Å²) < 4.78 is 4.93. The third-order valence-corrected chi connectivity index (χ3v) is 3.66. The second-order valence-electron chi connectivity index (χ2n) is 5.53. The van der Waals surface area contributed by atoms with Crippen molar-refractivity contribution in [2.24, 2.45) is 5.41 Å². The van der Waals surface area contributed by atoms with E-state index < -0.39 is 0 Å². The minimum Gasteiger partial charge on any atom is -0.463 e. The van der Waals surface area contributed by atoms with Crippen molar-refractivity contribution in [3.05, 3.63) is 11.6 Å². The van der Waals surface area contributed by atoms with E-state index in [1.165, 1.54) is 0 Å². The van der Waals surface area contributed by atoms with Crippen LogP contribution in [0, 0.1) is 5.41 Å². The molecule has 0 heterocycles. The lowest BCUT2D eigenvalue weighted by Gasteiger charge is -2.32. The summed E-state index contributed by atoms with van der Waals surface area (Å²) >= 11 is 0. The van der Waals surface area contributed by atoms with Crippen LogP contribution in [0.15, 0.2) is 11.6 Å². The highest BCUT2D eigenvalue weighted by Crippen LogP contribution is 2.38. The molecular formula is C15H24O3. The molecule has 0 bridgehead atoms. The quantitative estimate of drug-likeness (QED) is 0.556. The van der Waals surface area contributed by atoms with Crippen molar-refractivity contribution in [3.8, 4) is 0 Å². The molecule has 1 aliphatic carbocycles. The van der Waals surface area contributed by atoms with Crippen LogP contribution in [0.3, 0.4) is 0 Å². The Balaban J connectivity index is 2.42. The van der Waals surface area contributed by atoms with Gasteiger partial charge in [0.1, 0.15) is 5.78 Å². The molecule has 0 aromatic carbocycles. The lowest BCUT2D eigenvalue weighted by molar-refractivity contribution is -0.138. The van der Waals surface area contributed by atoms with Crippen molar-refractivity contribution < 1.29 is 14.3 Å². The zero-order valence-electron chi connectivity index (χ0n) is 11.8. The molecular weight excluding hydrogens is 228 g/mol. The van der Waals surface area contributed by atoms with E-state index in [9.17, 15) is 9.59 Å². The van der Waals surface area contributed by atoms with Gasteiger partial charge in [0.25, 0.3) is 0 Å². The van der Waals surface area contributed by atoms with E-state index in [4.69, 9.17) is 4.74 Å². The highest BCUT2D eigenvalue weighted by molar-refractivity contribution is 5.87. The highest BCUT2D eigenvalue weighted by atomic mass is 16.5. The van der Waals surface area contributed by atoms with Crippen LogP contribution in [0.5, 0.6) is 0 Å². The third-order valence-electron chi connectivity index (χ3n) is 3.66. The lowest BCUT2D eigenvalue weighted by Crippen LogP contribution is -2.25. The van der Waals surface area contributed by atoms with Crippen molar-refractivity contribution >= 4 is 11.8 Å². The molecule has 0 radical (unpaired) electrons. The average Bonchev–Trinajstić information content (AvgIpc) is 2.28. The minimum atomic E-state index is -0.234. The molecule has 0 spiro atoms. The maximum absolute atomic E-state index is 11.5. The summed E-state index contributed by atoms with van der Waals surface area (Å²) in [5, 5.41) is 0. The summed E-state index contributed by atoms with van der Waals surface area (Å²) in [6.45, 7) is 6.18. The normalized spacial score (nSPS) is 25.1. The SMILES string of the molecule is CCOC(=O)/C(C)=C\CCC1(C)CCCC(=O)C1. The molecule has 1 unspecified atom stereocenters. The molecule has 1 saturated carbocycles. The Kier molecular flexibility index (Phi) is 5.57. The molecule has 102 valence electrons. The first kappa shape index (κ1) is 14.9. The summed E-state index contributed by atoms with van der Waals surface area (Å²) in [5.74, 6) is 0.150. The van der Waals surface area contributed by atoms with Gasteiger partial charge in [-0.1, -0.05) is 13.0 Å². The second-order valence-corrected chi connectivity index (χ2v) is 5.53. The van der Waals surface area contributed by atoms with Crippen molar-refractivity contribution in [1.29, 1.82) is 0 Å². The zero-order valence-corrected chi connectivity index (χ0v) is 11.8. The van der Waals surface area contributed by atoms with Gasteiger partial charge in [-0.2, -0.15) is 0 Å². The third kappa shape index (κ3) is 4.63. The second kappa shape index (κ2) is 6.72. The first-order chi connectivity index (χ1) is 8.47. The van der Waals surface area contributed by atoms with E-state index in [-0.39, 0.29) is 11.4 Å². The van der Waals surface area contributed by atoms with Gasteiger partial charge in [0.05, 0.1) is 6.61 Å². The maximum atomic E-state index is 11.5. The number of allylic oxidation sites excluding steroid dienone is 1. The molecule has 0 aromatic heterocycles. The number of Topliss-reactive ketones (excluding diaryl/α,β-unsaturated/α-hetero) is 1. The van der Waals surface area contributed by atoms with E-state index in [2.05, 4.69) is 6.92 Å². The molecule has 0 N–H and O–H groups in total. The van der Waals surface area contributed by atoms with E-state index in [0.717, 1.165) is 32.1 Å². The van der Waals surface area contributed by atoms with Gasteiger partial charge in [-0.3, -0.25) is 4.79 Å². The molecule has 3 heteroatoms. The molecule has 1 aliphatic rings. The predicted molar refractivity (Wildman–Crippen MR) is 71.2 cm³/mol. The first-order valence-corrected chi connectivity index (χ1v) is 6.82. The smallest absolute Gasteiger partial charge is 0.333 e. The number of carbonyl (C=O) groups is 2. The Morgan fingerprint density at radius 2 is 2.22 bits per heavy atom. The number of rotatable bonds is 5. The van der Waals surface area contributed by atoms with E-state index >= 15 is 0 Å². The first-order valence-electron chi connectivity index (χ1n) is 6.82. The largest absolute Gasteiger partial charge is 0.463 e. The fourth-order valence-corrected chi connectivity index (χ4v) is 2.54. The van der Waals surface area contributed by atoms with Crippen molar-refractivity contribution in [2.45, 2.75) is 59.3 Å². The topological polar surface area (TPSA) is 43.4 Å². The van der Waals surface area contributed by atoms with Crippen molar-refractivity contribution in [3.63, 3.8) is 0 Å². The summed E-state index contributed by atoms with van der Waals surface area (Å²) in [6, 6.07) is 0. The lowest BCUT2D eigenvalue weighted by atomic mass is 9.72. The summed E-state index contributed by atoms with van der Waals surface area (Å²) in [4.78, 5) is 22.9. The van der Waals surface area contributed by atoms with Crippen LogP contribution < -0.4 is 0 Å². The average molecular weight is 252 g/mol. The number of esters is 1. The number of ketones is 1. The standard InChI is InChI=1S/C15H24O3/c1-4-18-14(17)12(2)7-5-9-15(3)10-6-8-13(16)11-15/h7H,4-6,8-11H2,1-3H3/b12-7-. The Morgan fingerprint density at radius 1 is 1.50 bits per heavy atom. The minimum absolute atomic E-state index is 0.126. The van der Waals surface area contributed by atoms with Crippen LogP contribution in [0.4, 0.5) is 0 Å². The molecule has 1 rings (SSSR count). The Hall–Kier alpha value is -1.12. The van der Waals surface area contributed by atoms with Gasteiger partial charge in [0.2, 0.25) is 0 Å². The monoisotopic (exact) mass is 252 g/mol. The Morgan fingerprint density at radius 3 is 2.83 bits per heavy atom. The zero-order chi connectivity index (χ0) is 13.6. The van der Waals surface area contributed by atoms with Gasteiger partial charge in [0, 0.05) is 18.4 Å². The van der Waals surface area contributed by atoms with Gasteiger partial charge < -0.3 is 4.74 Å². The number of ether oxygens (including phenoxy) is 1. The molecule has 3 nitrogen and oxygen atoms in total. The van der Waals surface area contributed by atoms with Crippen LogP contribution in [-0.2, 0) is 14.3 Å². The molecule has 0 amide bonds. The molecule has 0 aromatic rings. The van der Waals surface area contributed by atoms with Crippen molar-refractivity contribution in [1.82, 2.24) is 0 Å². The number of hydrogen-bond acceptors (Lipinski definition) is 3. The fraction of sp³-hybridized carbons (Fsp3) is 0.733. The van der Waals surface area contributed by atoms with Gasteiger partial charge in [-0.25, -0.2) is 4.79 Å². The Bertz CT molecular complexity index is 344. The number of carbonyl (C=O) groups excluding carboxylic acids is 2. The van der Waals surface area contributed by atoms with Crippen LogP contribution >= 0.6 is 0 Å². The van der Waals surface area contributed by atoms with Crippen LogP contribution in [-0.4, -0.2) is 18.4 Å². The van der Waals surface area contributed by atoms with Gasteiger partial charge in [0.15, 0.2) is 0 Å². The Labute approximate surface area is 110 Å². The number of hydrogen-bond donors (Lipinski definition) is 0. The van der Waals surface area contributed by atoms with Gasteiger partial charge >= 0.3 is 5.97 Å². The summed E-state index contributed by atoms with van der Waals surface area (Å²) in [6.07, 6.45) is 7.31. The summed E-state index contributed by atoms with van der Waals surface area (Å²) in [5.41, 5.74) is 0.795. The van der Waals surface area contributed by atoms with Gasteiger partial charge in [-0.15, -0.1) is 0 Å². The van der Waals surface area contributed by atoms with Crippen molar-refractivity contribution in [2.75, 3.05) is 6.61 Å². The molecule has 18 heavy (non-hydrogen) atoms. The summed E-state index contributed by atoms with van der Waals surface area (Å²) in [7, 11) is 0. The molecule has 1 fully saturated rings. The highest BCUT2D eigenvalue weighted by Gasteiger charge is 2.30. The van der Waals surface area contributed by atoms with Crippen LogP contribution in [0.2, 0.25) is 0 Å². The van der Waals surface area contributed by atoms with Crippen LogP contribution in [0.25, 0.3) is 0 Å². The molecule has 1 atom stereocenters. The fourth-order valence-electron chi connectivity index (χ4n) is 2.54. The van der Waals surface area contributed by atoms with E-state index in [1.807, 2.05) is 6.08 Å². The van der Waals surface area contributed by atoms with Crippen LogP contribution in [0.1, 0.15) is 59.3 Å². The van der Waals surface area contributed by atoms with Gasteiger partial charge in [-0.05, 0) is 44.9 Å². The molecule has 0 aliphatic heterocycles. The van der Waals surface area contributed by atoms with E-state index in [0.29, 0.717) is 24.4 Å². The molecule has 0 saturated heterocycles. The van der Waals surface area contributed by atoms with E-state index in [1.54, 1.807) is 13.8 Å². The predicted octanol–water partition coefficient (Wildman–Crippen LogP) is 3.43. The maximum Gasteiger partial charge on any atom is 0.333 e.